The molecule has 2 fully saturated rings. The lowest BCUT2D eigenvalue weighted by atomic mass is 9.77. The Bertz CT molecular complexity index is 791. The van der Waals surface area contributed by atoms with E-state index in [1.165, 1.54) is 6.07 Å². The van der Waals surface area contributed by atoms with Gasteiger partial charge in [0.1, 0.15) is 5.82 Å². The number of halogens is 1. The Morgan fingerprint density at radius 3 is 2.54 bits per heavy atom. The summed E-state index contributed by atoms with van der Waals surface area (Å²) in [4.78, 5) is 14.1. The van der Waals surface area contributed by atoms with Crippen LogP contribution in [-0.4, -0.2) is 42.3 Å². The number of ether oxygens (including phenoxy) is 1. The molecule has 0 bridgehead atoms. The lowest BCUT2D eigenvalue weighted by Crippen LogP contribution is -2.62. The van der Waals surface area contributed by atoms with E-state index in [2.05, 4.69) is 4.90 Å². The molecule has 0 unspecified atom stereocenters. The average Bonchev–Trinajstić information content (AvgIpc) is 2.61. The average molecular weight is 355 g/mol. The number of benzene rings is 2. The topological polar surface area (TPSA) is 49.8 Å². The maximum absolute atomic E-state index is 13.8. The maximum Gasteiger partial charge on any atom is 0.307 e. The summed E-state index contributed by atoms with van der Waals surface area (Å²) in [6, 6.07) is 16.5. The molecular formula is C21H22FNO3. The Morgan fingerprint density at radius 1 is 1.15 bits per heavy atom. The normalized spacial score (nSPS) is 25.4. The standard InChI is InChI=1S/C21H22FNO3/c22-17-8-4-7-16(11-17)21(13-26-14-21)23-10-9-18(20(24)25)19(12-23)15-5-2-1-3-6-15/h1-8,11,18-19H,9-10,12-14H2,(H,24,25)/t18-,19+/m1/s1. The van der Waals surface area contributed by atoms with Gasteiger partial charge in [-0.2, -0.15) is 0 Å². The molecule has 2 aliphatic heterocycles. The Hall–Kier alpha value is -2.24. The molecule has 4 rings (SSSR count). The monoisotopic (exact) mass is 355 g/mol. The molecule has 0 radical (unpaired) electrons. The Labute approximate surface area is 152 Å². The van der Waals surface area contributed by atoms with Gasteiger partial charge >= 0.3 is 5.97 Å². The van der Waals surface area contributed by atoms with Crippen LogP contribution in [0.25, 0.3) is 0 Å². The van der Waals surface area contributed by atoms with Gasteiger partial charge in [0.05, 0.1) is 24.7 Å². The number of likely N-dealkylation sites (tertiary alicyclic amines) is 1. The van der Waals surface area contributed by atoms with E-state index in [4.69, 9.17) is 4.74 Å². The van der Waals surface area contributed by atoms with Gasteiger partial charge in [0.2, 0.25) is 0 Å². The van der Waals surface area contributed by atoms with E-state index >= 15 is 0 Å². The molecule has 4 nitrogen and oxygen atoms in total. The van der Waals surface area contributed by atoms with Gasteiger partial charge in [0, 0.05) is 19.0 Å². The number of piperidine rings is 1. The van der Waals surface area contributed by atoms with E-state index in [0.29, 0.717) is 32.7 Å². The van der Waals surface area contributed by atoms with Crippen LogP contribution in [0, 0.1) is 11.7 Å². The first-order chi connectivity index (χ1) is 12.6. The van der Waals surface area contributed by atoms with Crippen LogP contribution in [0.5, 0.6) is 0 Å². The molecule has 2 aromatic rings. The summed E-state index contributed by atoms with van der Waals surface area (Å²) < 4.78 is 19.3. The molecule has 0 aliphatic carbocycles. The molecular weight excluding hydrogens is 333 g/mol. The molecule has 2 saturated heterocycles. The van der Waals surface area contributed by atoms with Crippen molar-refractivity contribution in [3.05, 3.63) is 71.5 Å². The number of carbonyl (C=O) groups is 1. The molecule has 2 atom stereocenters. The summed E-state index contributed by atoms with van der Waals surface area (Å²) in [5.74, 6) is -1.50. The van der Waals surface area contributed by atoms with Gasteiger partial charge < -0.3 is 9.84 Å². The molecule has 0 spiro atoms. The zero-order valence-corrected chi connectivity index (χ0v) is 14.5. The van der Waals surface area contributed by atoms with Gasteiger partial charge in [0.15, 0.2) is 0 Å². The van der Waals surface area contributed by atoms with E-state index in [1.54, 1.807) is 12.1 Å². The van der Waals surface area contributed by atoms with Crippen LogP contribution in [0.15, 0.2) is 54.6 Å². The minimum Gasteiger partial charge on any atom is -0.481 e. The SMILES string of the molecule is O=C(O)[C@@H]1CCN(C2(c3cccc(F)c3)COC2)C[C@H]1c1ccccc1. The first-order valence-electron chi connectivity index (χ1n) is 8.97. The van der Waals surface area contributed by atoms with Crippen molar-refractivity contribution in [1.82, 2.24) is 4.90 Å². The first kappa shape index (κ1) is 17.2. The Kier molecular flexibility index (Phi) is 4.51. The van der Waals surface area contributed by atoms with E-state index in [-0.39, 0.29) is 17.3 Å². The highest BCUT2D eigenvalue weighted by Crippen LogP contribution is 2.42. The van der Waals surface area contributed by atoms with Crippen molar-refractivity contribution in [3.63, 3.8) is 0 Å². The molecule has 0 amide bonds. The predicted octanol–water partition coefficient (Wildman–Crippen LogP) is 3.24. The minimum absolute atomic E-state index is 0.0894. The fourth-order valence-corrected chi connectivity index (χ4v) is 4.28. The predicted molar refractivity (Wildman–Crippen MR) is 95.4 cm³/mol. The fraction of sp³-hybridized carbons (Fsp3) is 0.381. The van der Waals surface area contributed by atoms with Gasteiger partial charge in [-0.1, -0.05) is 42.5 Å². The highest BCUT2D eigenvalue weighted by molar-refractivity contribution is 5.71. The summed E-state index contributed by atoms with van der Waals surface area (Å²) in [7, 11) is 0. The van der Waals surface area contributed by atoms with Crippen LogP contribution in [0.2, 0.25) is 0 Å². The number of carboxylic acid groups (broad SMARTS) is 1. The smallest absolute Gasteiger partial charge is 0.307 e. The van der Waals surface area contributed by atoms with Crippen LogP contribution in [0.4, 0.5) is 4.39 Å². The van der Waals surface area contributed by atoms with E-state index in [1.807, 2.05) is 36.4 Å². The van der Waals surface area contributed by atoms with Crippen LogP contribution < -0.4 is 0 Å². The van der Waals surface area contributed by atoms with Crippen molar-refractivity contribution in [2.24, 2.45) is 5.92 Å². The van der Waals surface area contributed by atoms with Crippen LogP contribution >= 0.6 is 0 Å². The zero-order chi connectivity index (χ0) is 18.1. The molecule has 136 valence electrons. The third kappa shape index (κ3) is 2.91. The lowest BCUT2D eigenvalue weighted by molar-refractivity contribution is -0.164. The van der Waals surface area contributed by atoms with E-state index < -0.39 is 11.9 Å². The summed E-state index contributed by atoms with van der Waals surface area (Å²) in [5.41, 5.74) is 1.59. The second-order valence-electron chi connectivity index (χ2n) is 7.23. The van der Waals surface area contributed by atoms with Crippen LogP contribution in [0.3, 0.4) is 0 Å². The highest BCUT2D eigenvalue weighted by Gasteiger charge is 2.49. The van der Waals surface area contributed by atoms with Gasteiger partial charge in [-0.3, -0.25) is 9.69 Å². The molecule has 2 heterocycles. The van der Waals surface area contributed by atoms with Gasteiger partial charge in [-0.25, -0.2) is 4.39 Å². The summed E-state index contributed by atoms with van der Waals surface area (Å²) in [6.45, 7) is 2.31. The molecule has 5 heteroatoms. The van der Waals surface area contributed by atoms with Gasteiger partial charge in [-0.05, 0) is 29.7 Å². The summed E-state index contributed by atoms with van der Waals surface area (Å²) >= 11 is 0. The number of rotatable bonds is 4. The van der Waals surface area contributed by atoms with Crippen molar-refractivity contribution in [1.29, 1.82) is 0 Å². The van der Waals surface area contributed by atoms with Crippen molar-refractivity contribution in [2.75, 3.05) is 26.3 Å². The number of hydrogen-bond donors (Lipinski definition) is 1. The quantitative estimate of drug-likeness (QED) is 0.915. The molecule has 2 aromatic carbocycles. The second kappa shape index (κ2) is 6.82. The molecule has 26 heavy (non-hydrogen) atoms. The van der Waals surface area contributed by atoms with Crippen molar-refractivity contribution in [3.8, 4) is 0 Å². The summed E-state index contributed by atoms with van der Waals surface area (Å²) in [5, 5.41) is 9.69. The molecule has 0 saturated carbocycles. The molecule has 0 aromatic heterocycles. The zero-order valence-electron chi connectivity index (χ0n) is 14.5. The Balaban J connectivity index is 1.66. The van der Waals surface area contributed by atoms with Gasteiger partial charge in [0.25, 0.3) is 0 Å². The van der Waals surface area contributed by atoms with Crippen molar-refractivity contribution < 1.29 is 19.0 Å². The van der Waals surface area contributed by atoms with Crippen molar-refractivity contribution >= 4 is 5.97 Å². The Morgan fingerprint density at radius 2 is 1.92 bits per heavy atom. The minimum atomic E-state index is -0.747. The van der Waals surface area contributed by atoms with Gasteiger partial charge in [-0.15, -0.1) is 0 Å². The molecule has 2 aliphatic rings. The van der Waals surface area contributed by atoms with Crippen LogP contribution in [-0.2, 0) is 15.1 Å². The fourth-order valence-electron chi connectivity index (χ4n) is 4.28. The number of nitrogens with zero attached hydrogens (tertiary/aromatic N) is 1. The first-order valence-corrected chi connectivity index (χ1v) is 8.97. The lowest BCUT2D eigenvalue weighted by Gasteiger charge is -2.53. The van der Waals surface area contributed by atoms with Crippen molar-refractivity contribution in [2.45, 2.75) is 17.9 Å². The van der Waals surface area contributed by atoms with E-state index in [9.17, 15) is 14.3 Å². The number of carboxylic acids is 1. The van der Waals surface area contributed by atoms with E-state index in [0.717, 1.165) is 11.1 Å². The van der Waals surface area contributed by atoms with Crippen LogP contribution in [0.1, 0.15) is 23.5 Å². The second-order valence-corrected chi connectivity index (χ2v) is 7.23. The molecule has 1 N–H and O–H groups in total. The maximum atomic E-state index is 13.8. The number of hydrogen-bond acceptors (Lipinski definition) is 3. The highest BCUT2D eigenvalue weighted by atomic mass is 19.1. The third-order valence-corrected chi connectivity index (χ3v) is 5.81. The summed E-state index contributed by atoms with van der Waals surface area (Å²) in [6.07, 6.45) is 0.575. The largest absolute Gasteiger partial charge is 0.481 e. The number of aliphatic carboxylic acids is 1. The third-order valence-electron chi connectivity index (χ3n) is 5.81.